The van der Waals surface area contributed by atoms with Gasteiger partial charge in [0.15, 0.2) is 0 Å². The van der Waals surface area contributed by atoms with Crippen molar-refractivity contribution in [2.24, 2.45) is 5.92 Å². The Morgan fingerprint density at radius 1 is 1.53 bits per heavy atom. The highest BCUT2D eigenvalue weighted by Gasteiger charge is 2.18. The molecule has 2 rings (SSSR count). The summed E-state index contributed by atoms with van der Waals surface area (Å²) in [7, 11) is 3.87. The molecule has 1 aliphatic rings. The van der Waals surface area contributed by atoms with Gasteiger partial charge in [0.2, 0.25) is 5.91 Å². The van der Waals surface area contributed by atoms with Crippen LogP contribution in [0.15, 0.2) is 18.2 Å². The third kappa shape index (κ3) is 3.85. The fraction of sp³-hybridized carbons (Fsp3) is 0.500. The molecule has 1 unspecified atom stereocenters. The number of hydrogen-bond acceptors (Lipinski definition) is 3. The van der Waals surface area contributed by atoms with Gasteiger partial charge in [-0.3, -0.25) is 4.79 Å². The van der Waals surface area contributed by atoms with E-state index in [1.54, 1.807) is 6.07 Å². The van der Waals surface area contributed by atoms with E-state index in [1.807, 2.05) is 31.1 Å². The van der Waals surface area contributed by atoms with Gasteiger partial charge in [0.25, 0.3) is 0 Å². The van der Waals surface area contributed by atoms with Gasteiger partial charge < -0.3 is 15.5 Å². The zero-order chi connectivity index (χ0) is 13.8. The summed E-state index contributed by atoms with van der Waals surface area (Å²) in [5.74, 6) is 0.513. The number of nitrogens with one attached hydrogen (secondary N) is 2. The van der Waals surface area contributed by atoms with Gasteiger partial charge >= 0.3 is 0 Å². The molecule has 1 atom stereocenters. The lowest BCUT2D eigenvalue weighted by Gasteiger charge is -2.15. The highest BCUT2D eigenvalue weighted by molar-refractivity contribution is 6.33. The lowest BCUT2D eigenvalue weighted by molar-refractivity contribution is -0.116. The average molecular weight is 282 g/mol. The average Bonchev–Trinajstić information content (AvgIpc) is 2.81. The minimum Gasteiger partial charge on any atom is -0.376 e. The quantitative estimate of drug-likeness (QED) is 0.890. The van der Waals surface area contributed by atoms with Crippen LogP contribution in [0.1, 0.15) is 12.8 Å². The van der Waals surface area contributed by atoms with Crippen molar-refractivity contribution in [3.05, 3.63) is 23.2 Å². The molecule has 5 heteroatoms. The van der Waals surface area contributed by atoms with Gasteiger partial charge in [0.05, 0.1) is 10.7 Å². The second-order valence-corrected chi connectivity index (χ2v) is 5.58. The molecule has 0 saturated carbocycles. The summed E-state index contributed by atoms with van der Waals surface area (Å²) in [6.07, 6.45) is 1.65. The molecular formula is C14H20ClN3O. The zero-order valence-corrected chi connectivity index (χ0v) is 12.1. The molecule has 1 saturated heterocycles. The fourth-order valence-electron chi connectivity index (χ4n) is 2.31. The number of benzene rings is 1. The van der Waals surface area contributed by atoms with Gasteiger partial charge in [-0.1, -0.05) is 11.6 Å². The number of halogens is 1. The number of carbonyl (C=O) groups excluding carboxylic acids is 1. The van der Waals surface area contributed by atoms with Crippen LogP contribution in [0.4, 0.5) is 11.4 Å². The first-order valence-corrected chi connectivity index (χ1v) is 6.91. The summed E-state index contributed by atoms with van der Waals surface area (Å²) in [6, 6.07) is 5.59. The molecule has 0 bridgehead atoms. The van der Waals surface area contributed by atoms with Crippen LogP contribution in [0, 0.1) is 5.92 Å². The number of amides is 1. The molecule has 4 nitrogen and oxygen atoms in total. The monoisotopic (exact) mass is 281 g/mol. The summed E-state index contributed by atoms with van der Waals surface area (Å²) >= 11 is 6.18. The van der Waals surface area contributed by atoms with Crippen LogP contribution in [0.2, 0.25) is 5.02 Å². The molecule has 1 aromatic carbocycles. The van der Waals surface area contributed by atoms with Crippen molar-refractivity contribution in [2.75, 3.05) is 37.4 Å². The lowest BCUT2D eigenvalue weighted by atomic mass is 10.0. The predicted molar refractivity (Wildman–Crippen MR) is 80.0 cm³/mol. The normalized spacial score (nSPS) is 18.4. The van der Waals surface area contributed by atoms with E-state index >= 15 is 0 Å². The third-order valence-corrected chi connectivity index (χ3v) is 3.65. The molecule has 104 valence electrons. The van der Waals surface area contributed by atoms with Gasteiger partial charge in [0, 0.05) is 26.2 Å². The largest absolute Gasteiger partial charge is 0.376 e. The Balaban J connectivity index is 1.95. The van der Waals surface area contributed by atoms with Crippen LogP contribution < -0.4 is 15.5 Å². The van der Waals surface area contributed by atoms with Crippen molar-refractivity contribution in [1.82, 2.24) is 5.32 Å². The van der Waals surface area contributed by atoms with Crippen molar-refractivity contribution in [2.45, 2.75) is 12.8 Å². The molecular weight excluding hydrogens is 262 g/mol. The molecule has 0 aromatic heterocycles. The molecule has 1 aromatic rings. The summed E-state index contributed by atoms with van der Waals surface area (Å²) in [5.41, 5.74) is 1.70. The number of nitrogens with zero attached hydrogens (tertiary/aromatic N) is 1. The van der Waals surface area contributed by atoms with E-state index in [-0.39, 0.29) is 5.91 Å². The van der Waals surface area contributed by atoms with Gasteiger partial charge in [-0.2, -0.15) is 0 Å². The zero-order valence-electron chi connectivity index (χ0n) is 11.4. The number of rotatable bonds is 4. The summed E-state index contributed by atoms with van der Waals surface area (Å²) in [5, 5.41) is 6.81. The minimum atomic E-state index is 0.0577. The van der Waals surface area contributed by atoms with Gasteiger partial charge in [-0.05, 0) is 43.6 Å². The fourth-order valence-corrected chi connectivity index (χ4v) is 2.66. The van der Waals surface area contributed by atoms with Crippen LogP contribution in [-0.4, -0.2) is 33.1 Å². The van der Waals surface area contributed by atoms with Crippen LogP contribution in [0.3, 0.4) is 0 Å². The van der Waals surface area contributed by atoms with E-state index in [2.05, 4.69) is 10.6 Å². The number of hydrogen-bond donors (Lipinski definition) is 2. The smallest absolute Gasteiger partial charge is 0.224 e. The highest BCUT2D eigenvalue weighted by Crippen LogP contribution is 2.27. The predicted octanol–water partition coefficient (Wildman–Crippen LogP) is 2.34. The first kappa shape index (κ1) is 14.2. The molecule has 0 radical (unpaired) electrons. The Bertz CT molecular complexity index is 456. The SMILES string of the molecule is CN(C)c1ccc(NC(=O)CC2CCNC2)cc1Cl. The van der Waals surface area contributed by atoms with Crippen LogP contribution in [0.5, 0.6) is 0 Å². The first-order chi connectivity index (χ1) is 9.06. The second-order valence-electron chi connectivity index (χ2n) is 5.17. The topological polar surface area (TPSA) is 44.4 Å². The van der Waals surface area contributed by atoms with E-state index in [0.717, 1.165) is 30.9 Å². The molecule has 0 aliphatic carbocycles. The van der Waals surface area contributed by atoms with Crippen molar-refractivity contribution in [3.63, 3.8) is 0 Å². The van der Waals surface area contributed by atoms with Gasteiger partial charge in [-0.25, -0.2) is 0 Å². The molecule has 1 amide bonds. The Morgan fingerprint density at radius 3 is 2.89 bits per heavy atom. The number of carbonyl (C=O) groups is 1. The van der Waals surface area contributed by atoms with Crippen LogP contribution in [-0.2, 0) is 4.79 Å². The Kier molecular flexibility index (Phi) is 4.66. The van der Waals surface area contributed by atoms with E-state index < -0.39 is 0 Å². The Morgan fingerprint density at radius 2 is 2.32 bits per heavy atom. The van der Waals surface area contributed by atoms with Crippen LogP contribution >= 0.6 is 11.6 Å². The Labute approximate surface area is 119 Å². The Hall–Kier alpha value is -1.26. The molecule has 1 aliphatic heterocycles. The standard InChI is InChI=1S/C14H20ClN3O/c1-18(2)13-4-3-11(8-12(13)15)17-14(19)7-10-5-6-16-9-10/h3-4,8,10,16H,5-7,9H2,1-2H3,(H,17,19). The molecule has 19 heavy (non-hydrogen) atoms. The maximum atomic E-state index is 11.9. The highest BCUT2D eigenvalue weighted by atomic mass is 35.5. The summed E-state index contributed by atoms with van der Waals surface area (Å²) < 4.78 is 0. The van der Waals surface area contributed by atoms with Gasteiger partial charge in [-0.15, -0.1) is 0 Å². The van der Waals surface area contributed by atoms with Crippen LogP contribution in [0.25, 0.3) is 0 Å². The summed E-state index contributed by atoms with van der Waals surface area (Å²) in [6.45, 7) is 1.95. The van der Waals surface area contributed by atoms with Crippen molar-refractivity contribution in [1.29, 1.82) is 0 Å². The van der Waals surface area contributed by atoms with E-state index in [0.29, 0.717) is 17.4 Å². The second kappa shape index (κ2) is 6.26. The third-order valence-electron chi connectivity index (χ3n) is 3.35. The minimum absolute atomic E-state index is 0.0577. The molecule has 1 heterocycles. The van der Waals surface area contributed by atoms with Crippen molar-refractivity contribution in [3.8, 4) is 0 Å². The summed E-state index contributed by atoms with van der Waals surface area (Å²) in [4.78, 5) is 13.8. The van der Waals surface area contributed by atoms with E-state index in [1.165, 1.54) is 0 Å². The number of anilines is 2. The maximum absolute atomic E-state index is 11.9. The van der Waals surface area contributed by atoms with Crippen molar-refractivity contribution < 1.29 is 4.79 Å². The molecule has 2 N–H and O–H groups in total. The maximum Gasteiger partial charge on any atom is 0.224 e. The van der Waals surface area contributed by atoms with E-state index in [4.69, 9.17) is 11.6 Å². The molecule has 0 spiro atoms. The first-order valence-electron chi connectivity index (χ1n) is 6.53. The van der Waals surface area contributed by atoms with Crippen molar-refractivity contribution >= 4 is 28.9 Å². The lowest BCUT2D eigenvalue weighted by Crippen LogP contribution is -2.18. The van der Waals surface area contributed by atoms with Gasteiger partial charge in [0.1, 0.15) is 0 Å². The molecule has 1 fully saturated rings. The van der Waals surface area contributed by atoms with E-state index in [9.17, 15) is 4.79 Å².